The SMILES string of the molecule is Cc1noc(C)c1[C@H](C)NC(=O)N(Cc1ccccc1F)C1CCC1. The van der Waals surface area contributed by atoms with E-state index in [1.165, 1.54) is 6.07 Å². The van der Waals surface area contributed by atoms with Crippen molar-refractivity contribution in [2.75, 3.05) is 0 Å². The Bertz CT molecular complexity index is 735. The molecule has 1 aliphatic rings. The summed E-state index contributed by atoms with van der Waals surface area (Å²) in [6.07, 6.45) is 3.02. The topological polar surface area (TPSA) is 58.4 Å². The van der Waals surface area contributed by atoms with E-state index in [4.69, 9.17) is 4.52 Å². The molecule has 3 rings (SSSR count). The number of nitrogens with one attached hydrogen (secondary N) is 1. The molecule has 5 nitrogen and oxygen atoms in total. The van der Waals surface area contributed by atoms with Crippen molar-refractivity contribution in [1.82, 2.24) is 15.4 Å². The fraction of sp³-hybridized carbons (Fsp3) is 0.474. The second-order valence-electron chi connectivity index (χ2n) is 6.71. The van der Waals surface area contributed by atoms with Crippen LogP contribution in [0.5, 0.6) is 0 Å². The number of benzene rings is 1. The number of carbonyl (C=O) groups is 1. The number of carbonyl (C=O) groups excluding carboxylic acids is 1. The van der Waals surface area contributed by atoms with E-state index < -0.39 is 0 Å². The van der Waals surface area contributed by atoms with Crippen molar-refractivity contribution in [2.45, 2.75) is 58.7 Å². The first-order chi connectivity index (χ1) is 12.0. The third-order valence-electron chi connectivity index (χ3n) is 4.94. The van der Waals surface area contributed by atoms with Crippen LogP contribution < -0.4 is 5.32 Å². The molecule has 1 atom stereocenters. The van der Waals surface area contributed by atoms with Gasteiger partial charge >= 0.3 is 6.03 Å². The number of halogens is 1. The molecule has 0 unspecified atom stereocenters. The molecule has 0 spiro atoms. The van der Waals surface area contributed by atoms with E-state index in [0.717, 1.165) is 30.5 Å². The average molecular weight is 345 g/mol. The summed E-state index contributed by atoms with van der Waals surface area (Å²) in [5.74, 6) is 0.424. The fourth-order valence-corrected chi connectivity index (χ4v) is 3.32. The number of nitrogens with zero attached hydrogens (tertiary/aromatic N) is 2. The van der Waals surface area contributed by atoms with Gasteiger partial charge in [0, 0.05) is 17.2 Å². The molecule has 1 aliphatic carbocycles. The molecule has 0 aliphatic heterocycles. The Hall–Kier alpha value is -2.37. The molecular weight excluding hydrogens is 321 g/mol. The molecule has 0 saturated heterocycles. The molecule has 1 fully saturated rings. The lowest BCUT2D eigenvalue weighted by atomic mass is 9.91. The molecule has 1 saturated carbocycles. The minimum atomic E-state index is -0.279. The van der Waals surface area contributed by atoms with E-state index >= 15 is 0 Å². The summed E-state index contributed by atoms with van der Waals surface area (Å²) >= 11 is 0. The number of aromatic nitrogens is 1. The predicted molar refractivity (Wildman–Crippen MR) is 92.5 cm³/mol. The zero-order chi connectivity index (χ0) is 18.0. The van der Waals surface area contributed by atoms with Crippen LogP contribution in [0.2, 0.25) is 0 Å². The predicted octanol–water partition coefficient (Wildman–Crippen LogP) is 4.26. The van der Waals surface area contributed by atoms with Gasteiger partial charge in [-0.15, -0.1) is 0 Å². The first-order valence-corrected chi connectivity index (χ1v) is 8.70. The Morgan fingerprint density at radius 3 is 2.68 bits per heavy atom. The summed E-state index contributed by atoms with van der Waals surface area (Å²) in [6.45, 7) is 5.88. The largest absolute Gasteiger partial charge is 0.361 e. The van der Waals surface area contributed by atoms with Gasteiger partial charge in [0.1, 0.15) is 11.6 Å². The standard InChI is InChI=1S/C19H24FN3O2/c1-12(18-13(2)22-25-14(18)3)21-19(24)23(16-8-6-9-16)11-15-7-4-5-10-17(15)20/h4-5,7,10,12,16H,6,8-9,11H2,1-3H3,(H,21,24)/t12-/m0/s1. The van der Waals surface area contributed by atoms with Crippen LogP contribution in [0.15, 0.2) is 28.8 Å². The first kappa shape index (κ1) is 17.5. The van der Waals surface area contributed by atoms with E-state index in [2.05, 4.69) is 10.5 Å². The minimum Gasteiger partial charge on any atom is -0.361 e. The molecule has 0 radical (unpaired) electrons. The molecule has 6 heteroatoms. The van der Waals surface area contributed by atoms with E-state index in [-0.39, 0.29) is 30.5 Å². The van der Waals surface area contributed by atoms with Crippen molar-refractivity contribution in [3.8, 4) is 0 Å². The molecular formula is C19H24FN3O2. The smallest absolute Gasteiger partial charge is 0.318 e. The monoisotopic (exact) mass is 345 g/mol. The van der Waals surface area contributed by atoms with E-state index in [1.807, 2.05) is 20.8 Å². The van der Waals surface area contributed by atoms with Crippen LogP contribution in [0.3, 0.4) is 0 Å². The molecule has 1 N–H and O–H groups in total. The summed E-state index contributed by atoms with van der Waals surface area (Å²) in [7, 11) is 0. The number of urea groups is 1. The van der Waals surface area contributed by atoms with Gasteiger partial charge in [-0.3, -0.25) is 0 Å². The summed E-state index contributed by atoms with van der Waals surface area (Å²) in [6, 6.07) is 6.37. The normalized spacial score (nSPS) is 15.5. The molecule has 2 aromatic rings. The highest BCUT2D eigenvalue weighted by atomic mass is 19.1. The summed E-state index contributed by atoms with van der Waals surface area (Å²) < 4.78 is 19.2. The summed E-state index contributed by atoms with van der Waals surface area (Å²) in [5.41, 5.74) is 2.21. The van der Waals surface area contributed by atoms with Crippen LogP contribution >= 0.6 is 0 Å². The Kier molecular flexibility index (Phi) is 5.06. The van der Waals surface area contributed by atoms with Gasteiger partial charge in [-0.05, 0) is 46.1 Å². The van der Waals surface area contributed by atoms with Crippen molar-refractivity contribution in [1.29, 1.82) is 0 Å². The van der Waals surface area contributed by atoms with Crippen molar-refractivity contribution in [2.24, 2.45) is 0 Å². The number of hydrogen-bond donors (Lipinski definition) is 1. The maximum absolute atomic E-state index is 14.0. The fourth-order valence-electron chi connectivity index (χ4n) is 3.32. The quantitative estimate of drug-likeness (QED) is 0.881. The molecule has 25 heavy (non-hydrogen) atoms. The maximum Gasteiger partial charge on any atom is 0.318 e. The van der Waals surface area contributed by atoms with Crippen molar-refractivity contribution >= 4 is 6.03 Å². The van der Waals surface area contributed by atoms with Gasteiger partial charge in [-0.1, -0.05) is 23.4 Å². The second-order valence-corrected chi connectivity index (χ2v) is 6.71. The van der Waals surface area contributed by atoms with Gasteiger partial charge in [0.2, 0.25) is 0 Å². The summed E-state index contributed by atoms with van der Waals surface area (Å²) in [5, 5.41) is 6.96. The third-order valence-corrected chi connectivity index (χ3v) is 4.94. The Morgan fingerprint density at radius 2 is 2.12 bits per heavy atom. The first-order valence-electron chi connectivity index (χ1n) is 8.70. The van der Waals surface area contributed by atoms with Crippen LogP contribution in [0, 0.1) is 19.7 Å². The van der Waals surface area contributed by atoms with E-state index in [9.17, 15) is 9.18 Å². The molecule has 2 amide bonds. The van der Waals surface area contributed by atoms with E-state index in [1.54, 1.807) is 23.1 Å². The second kappa shape index (κ2) is 7.25. The Labute approximate surface area is 147 Å². The lowest BCUT2D eigenvalue weighted by molar-refractivity contribution is 0.130. The third kappa shape index (κ3) is 3.67. The van der Waals surface area contributed by atoms with Crippen LogP contribution in [0.25, 0.3) is 0 Å². The van der Waals surface area contributed by atoms with Gasteiger partial charge in [-0.25, -0.2) is 9.18 Å². The lowest BCUT2D eigenvalue weighted by Gasteiger charge is -2.38. The van der Waals surface area contributed by atoms with Gasteiger partial charge < -0.3 is 14.7 Å². The van der Waals surface area contributed by atoms with Crippen molar-refractivity contribution in [3.63, 3.8) is 0 Å². The highest BCUT2D eigenvalue weighted by Crippen LogP contribution is 2.28. The van der Waals surface area contributed by atoms with Crippen LogP contribution in [-0.2, 0) is 6.54 Å². The molecule has 1 aromatic carbocycles. The zero-order valence-corrected chi connectivity index (χ0v) is 14.9. The molecule has 1 aromatic heterocycles. The van der Waals surface area contributed by atoms with Crippen LogP contribution in [0.1, 0.15) is 54.8 Å². The number of hydrogen-bond acceptors (Lipinski definition) is 3. The maximum atomic E-state index is 14.0. The Balaban J connectivity index is 1.75. The Morgan fingerprint density at radius 1 is 1.40 bits per heavy atom. The lowest BCUT2D eigenvalue weighted by Crippen LogP contribution is -2.49. The highest BCUT2D eigenvalue weighted by molar-refractivity contribution is 5.75. The number of amides is 2. The van der Waals surface area contributed by atoms with Crippen molar-refractivity contribution in [3.05, 3.63) is 52.7 Å². The molecule has 0 bridgehead atoms. The minimum absolute atomic E-state index is 0.163. The van der Waals surface area contributed by atoms with Gasteiger partial charge in [0.05, 0.1) is 18.3 Å². The summed E-state index contributed by atoms with van der Waals surface area (Å²) in [4.78, 5) is 14.6. The van der Waals surface area contributed by atoms with Gasteiger partial charge in [0.15, 0.2) is 0 Å². The van der Waals surface area contributed by atoms with Crippen LogP contribution in [0.4, 0.5) is 9.18 Å². The van der Waals surface area contributed by atoms with Crippen LogP contribution in [-0.4, -0.2) is 22.1 Å². The van der Waals surface area contributed by atoms with Gasteiger partial charge in [-0.2, -0.15) is 0 Å². The number of aryl methyl sites for hydroxylation is 2. The van der Waals surface area contributed by atoms with E-state index in [0.29, 0.717) is 11.3 Å². The average Bonchev–Trinajstić information content (AvgIpc) is 2.85. The van der Waals surface area contributed by atoms with Crippen molar-refractivity contribution < 1.29 is 13.7 Å². The highest BCUT2D eigenvalue weighted by Gasteiger charge is 2.30. The van der Waals surface area contributed by atoms with Gasteiger partial charge in [0.25, 0.3) is 0 Å². The molecule has 134 valence electrons. The zero-order valence-electron chi connectivity index (χ0n) is 14.9. The molecule has 1 heterocycles. The number of rotatable bonds is 5.